The zero-order valence-electron chi connectivity index (χ0n) is 12.4. The third-order valence-corrected chi connectivity index (χ3v) is 2.70. The predicted octanol–water partition coefficient (Wildman–Crippen LogP) is 1.66. The van der Waals surface area contributed by atoms with Gasteiger partial charge in [0, 0.05) is 6.42 Å². The molecule has 0 saturated heterocycles. The second kappa shape index (κ2) is 11.7. The summed E-state index contributed by atoms with van der Waals surface area (Å²) in [5.74, 6) is -1.78. The van der Waals surface area contributed by atoms with Gasteiger partial charge in [-0.3, -0.25) is 14.4 Å². The Morgan fingerprint density at radius 3 is 2.18 bits per heavy atom. The number of carbonyl (C=O) groups excluding carboxylic acids is 2. The van der Waals surface area contributed by atoms with Crippen LogP contribution >= 0.6 is 11.6 Å². The maximum atomic E-state index is 11.3. The Hall–Kier alpha value is -1.92. The zero-order chi connectivity index (χ0) is 17.0. The second-order valence-corrected chi connectivity index (χ2v) is 4.68. The van der Waals surface area contributed by atoms with Gasteiger partial charge in [0.05, 0.1) is 13.0 Å². The molecular weight excluding hydrogens is 310 g/mol. The number of ketones is 1. The summed E-state index contributed by atoms with van der Waals surface area (Å²) in [4.78, 5) is 31.4. The number of Topliss-reactive ketones (excluding diaryl/α,β-unsaturated/α-hetero) is 1. The van der Waals surface area contributed by atoms with Crippen LogP contribution in [-0.4, -0.2) is 35.3 Å². The van der Waals surface area contributed by atoms with Gasteiger partial charge < -0.3 is 15.6 Å². The molecule has 3 N–H and O–H groups in total. The van der Waals surface area contributed by atoms with E-state index in [1.54, 1.807) is 0 Å². The van der Waals surface area contributed by atoms with Crippen molar-refractivity contribution in [3.63, 3.8) is 0 Å². The monoisotopic (exact) mass is 329 g/mol. The molecule has 0 aromatic heterocycles. The van der Waals surface area contributed by atoms with E-state index in [0.717, 1.165) is 11.1 Å². The smallest absolute Gasteiger partial charge is 0.318 e. The standard InChI is InChI=1S/C13H17NO3.C2H3ClO2/c1-10-2-4-11(5-3-10)9-17-13(16)7-6-12(15)8-14;3-1-2(4)5/h2-5H,6-9,14H2,1H3;1H2,(H,4,5). The number of aryl methyl sites for hydroxylation is 1. The van der Waals surface area contributed by atoms with Crippen LogP contribution in [-0.2, 0) is 25.7 Å². The molecule has 0 amide bonds. The van der Waals surface area contributed by atoms with Crippen molar-refractivity contribution in [1.82, 2.24) is 0 Å². The van der Waals surface area contributed by atoms with E-state index in [4.69, 9.17) is 27.2 Å². The molecule has 0 bridgehead atoms. The minimum atomic E-state index is -0.980. The van der Waals surface area contributed by atoms with Gasteiger partial charge in [0.25, 0.3) is 0 Å². The summed E-state index contributed by atoms with van der Waals surface area (Å²) >= 11 is 4.74. The van der Waals surface area contributed by atoms with Crippen molar-refractivity contribution in [2.75, 3.05) is 12.4 Å². The van der Waals surface area contributed by atoms with Gasteiger partial charge in [-0.1, -0.05) is 29.8 Å². The molecular formula is C15H20ClNO5. The van der Waals surface area contributed by atoms with Gasteiger partial charge in [-0.15, -0.1) is 11.6 Å². The number of carboxylic acid groups (broad SMARTS) is 1. The summed E-state index contributed by atoms with van der Waals surface area (Å²) < 4.78 is 5.03. The Labute approximate surface area is 134 Å². The van der Waals surface area contributed by atoms with Gasteiger partial charge in [0.1, 0.15) is 18.3 Å². The highest BCUT2D eigenvalue weighted by molar-refractivity contribution is 6.26. The van der Waals surface area contributed by atoms with E-state index in [2.05, 4.69) is 0 Å². The second-order valence-electron chi connectivity index (χ2n) is 4.42. The molecule has 122 valence electrons. The molecule has 1 rings (SSSR count). The highest BCUT2D eigenvalue weighted by Gasteiger charge is 2.06. The van der Waals surface area contributed by atoms with Crippen LogP contribution in [0.3, 0.4) is 0 Å². The lowest BCUT2D eigenvalue weighted by Gasteiger charge is -2.04. The SMILES string of the molecule is Cc1ccc(COC(=O)CCC(=O)CN)cc1.O=C(O)CCl. The fourth-order valence-corrected chi connectivity index (χ4v) is 1.26. The normalized spacial score (nSPS) is 9.41. The lowest BCUT2D eigenvalue weighted by Crippen LogP contribution is -2.15. The fraction of sp³-hybridized carbons (Fsp3) is 0.400. The highest BCUT2D eigenvalue weighted by atomic mass is 35.5. The number of carboxylic acids is 1. The summed E-state index contributed by atoms with van der Waals surface area (Å²) in [6.07, 6.45) is 0.255. The van der Waals surface area contributed by atoms with E-state index in [1.165, 1.54) is 0 Å². The van der Waals surface area contributed by atoms with E-state index in [0.29, 0.717) is 0 Å². The molecule has 1 aromatic carbocycles. The number of halogens is 1. The zero-order valence-corrected chi connectivity index (χ0v) is 13.1. The minimum absolute atomic E-state index is 0.0226. The van der Waals surface area contributed by atoms with Gasteiger partial charge >= 0.3 is 11.9 Å². The number of benzene rings is 1. The first-order valence-corrected chi connectivity index (χ1v) is 7.13. The maximum Gasteiger partial charge on any atom is 0.318 e. The minimum Gasteiger partial charge on any atom is -0.480 e. The van der Waals surface area contributed by atoms with Gasteiger partial charge in [0.15, 0.2) is 0 Å². The van der Waals surface area contributed by atoms with Crippen molar-refractivity contribution in [2.45, 2.75) is 26.4 Å². The predicted molar refractivity (Wildman–Crippen MR) is 82.6 cm³/mol. The van der Waals surface area contributed by atoms with Crippen LogP contribution in [0.4, 0.5) is 0 Å². The number of hydrogen-bond acceptors (Lipinski definition) is 5. The molecule has 0 heterocycles. The number of aliphatic carboxylic acids is 1. The van der Waals surface area contributed by atoms with E-state index < -0.39 is 5.97 Å². The first-order chi connectivity index (χ1) is 10.4. The number of alkyl halides is 1. The summed E-state index contributed by atoms with van der Waals surface area (Å²) in [6, 6.07) is 7.74. The van der Waals surface area contributed by atoms with Crippen LogP contribution in [0, 0.1) is 6.92 Å². The van der Waals surface area contributed by atoms with Crippen LogP contribution in [0.25, 0.3) is 0 Å². The summed E-state index contributed by atoms with van der Waals surface area (Å²) in [6.45, 7) is 2.22. The first kappa shape index (κ1) is 20.1. The average molecular weight is 330 g/mol. The van der Waals surface area contributed by atoms with Crippen molar-refractivity contribution in [2.24, 2.45) is 5.73 Å². The highest BCUT2D eigenvalue weighted by Crippen LogP contribution is 2.05. The number of esters is 1. The maximum absolute atomic E-state index is 11.3. The number of carbonyl (C=O) groups is 3. The van der Waals surface area contributed by atoms with Crippen molar-refractivity contribution in [3.05, 3.63) is 35.4 Å². The Morgan fingerprint density at radius 1 is 1.18 bits per heavy atom. The van der Waals surface area contributed by atoms with Gasteiger partial charge in [-0.25, -0.2) is 0 Å². The topological polar surface area (TPSA) is 107 Å². The molecule has 6 nitrogen and oxygen atoms in total. The molecule has 0 spiro atoms. The van der Waals surface area contributed by atoms with Crippen molar-refractivity contribution in [3.8, 4) is 0 Å². The van der Waals surface area contributed by atoms with E-state index in [9.17, 15) is 14.4 Å². The van der Waals surface area contributed by atoms with Crippen LogP contribution in [0.15, 0.2) is 24.3 Å². The molecule has 0 radical (unpaired) electrons. The van der Waals surface area contributed by atoms with E-state index in [-0.39, 0.29) is 43.6 Å². The molecule has 0 aliphatic rings. The van der Waals surface area contributed by atoms with E-state index >= 15 is 0 Å². The fourth-order valence-electron chi connectivity index (χ4n) is 1.26. The van der Waals surface area contributed by atoms with Crippen LogP contribution in [0.5, 0.6) is 0 Å². The molecule has 0 atom stereocenters. The number of rotatable bonds is 7. The van der Waals surface area contributed by atoms with Crippen LogP contribution < -0.4 is 5.73 Å². The summed E-state index contributed by atoms with van der Waals surface area (Å²) in [5.41, 5.74) is 7.24. The van der Waals surface area contributed by atoms with E-state index in [1.807, 2.05) is 31.2 Å². The molecule has 0 saturated carbocycles. The molecule has 7 heteroatoms. The van der Waals surface area contributed by atoms with Gasteiger partial charge in [-0.2, -0.15) is 0 Å². The number of ether oxygens (including phenoxy) is 1. The molecule has 22 heavy (non-hydrogen) atoms. The Balaban J connectivity index is 0.000000763. The number of hydrogen-bond donors (Lipinski definition) is 2. The van der Waals surface area contributed by atoms with Crippen molar-refractivity contribution in [1.29, 1.82) is 0 Å². The molecule has 0 aliphatic heterocycles. The lowest BCUT2D eigenvalue weighted by molar-refractivity contribution is -0.146. The van der Waals surface area contributed by atoms with Crippen LogP contribution in [0.1, 0.15) is 24.0 Å². The third-order valence-electron chi connectivity index (χ3n) is 2.47. The summed E-state index contributed by atoms with van der Waals surface area (Å²) in [5, 5.41) is 7.59. The average Bonchev–Trinajstić information content (AvgIpc) is 2.52. The lowest BCUT2D eigenvalue weighted by atomic mass is 10.2. The van der Waals surface area contributed by atoms with Crippen molar-refractivity contribution >= 4 is 29.3 Å². The molecule has 0 aliphatic carbocycles. The number of nitrogens with two attached hydrogens (primary N) is 1. The van der Waals surface area contributed by atoms with Gasteiger partial charge in [0.2, 0.25) is 0 Å². The molecule has 0 fully saturated rings. The summed E-state index contributed by atoms with van der Waals surface area (Å²) in [7, 11) is 0. The van der Waals surface area contributed by atoms with Crippen molar-refractivity contribution < 1.29 is 24.2 Å². The third kappa shape index (κ3) is 10.8. The van der Waals surface area contributed by atoms with Crippen LogP contribution in [0.2, 0.25) is 0 Å². The molecule has 0 unspecified atom stereocenters. The first-order valence-electron chi connectivity index (χ1n) is 6.59. The molecule has 1 aromatic rings. The largest absolute Gasteiger partial charge is 0.480 e. The Bertz CT molecular complexity index is 487. The van der Waals surface area contributed by atoms with Gasteiger partial charge in [-0.05, 0) is 12.5 Å². The Morgan fingerprint density at radius 2 is 1.73 bits per heavy atom. The Kier molecular flexibility index (Phi) is 10.7. The quantitative estimate of drug-likeness (QED) is 0.582.